The van der Waals surface area contributed by atoms with Crippen LogP contribution in [0.25, 0.3) is 5.82 Å². The van der Waals surface area contributed by atoms with Gasteiger partial charge < -0.3 is 4.90 Å². The number of nitrogens with zero attached hydrogens (tertiary/aromatic N) is 5. The number of aromatic nitrogens is 4. The van der Waals surface area contributed by atoms with E-state index < -0.39 is 11.7 Å². The van der Waals surface area contributed by atoms with Gasteiger partial charge in [-0.2, -0.15) is 13.2 Å². The lowest BCUT2D eigenvalue weighted by atomic mass is 9.89. The van der Waals surface area contributed by atoms with Gasteiger partial charge in [0.1, 0.15) is 0 Å². The van der Waals surface area contributed by atoms with Gasteiger partial charge in [-0.3, -0.25) is 4.79 Å². The Kier molecular flexibility index (Phi) is 6.11. The minimum atomic E-state index is -4.46. The van der Waals surface area contributed by atoms with Crippen molar-refractivity contribution in [3.63, 3.8) is 0 Å². The summed E-state index contributed by atoms with van der Waals surface area (Å²) in [5, 5.41) is 7.72. The van der Waals surface area contributed by atoms with E-state index in [1.54, 1.807) is 11.0 Å². The largest absolute Gasteiger partial charge is 0.417 e. The number of carbonyl (C=O) groups excluding carboxylic acids is 1. The monoisotopic (exact) mass is 393 g/mol. The van der Waals surface area contributed by atoms with Gasteiger partial charge in [-0.15, -0.1) is 11.7 Å². The van der Waals surface area contributed by atoms with Gasteiger partial charge in [-0.05, 0) is 30.9 Å². The second kappa shape index (κ2) is 8.53. The van der Waals surface area contributed by atoms with E-state index in [-0.39, 0.29) is 17.4 Å². The molecule has 1 fully saturated rings. The van der Waals surface area contributed by atoms with Gasteiger partial charge in [0.05, 0.1) is 11.8 Å². The fourth-order valence-corrected chi connectivity index (χ4v) is 3.40. The molecule has 0 atom stereocenters. The van der Waals surface area contributed by atoms with Crippen molar-refractivity contribution in [2.45, 2.75) is 38.3 Å². The highest BCUT2D eigenvalue weighted by Gasteiger charge is 2.31. The Morgan fingerprint density at radius 1 is 1.29 bits per heavy atom. The summed E-state index contributed by atoms with van der Waals surface area (Å²) in [5.41, 5.74) is -0.725. The summed E-state index contributed by atoms with van der Waals surface area (Å²) in [7, 11) is 0. The van der Waals surface area contributed by atoms with Gasteiger partial charge in [-0.1, -0.05) is 30.6 Å². The maximum atomic E-state index is 12.8. The summed E-state index contributed by atoms with van der Waals surface area (Å²) in [6.07, 6.45) is 5.11. The summed E-state index contributed by atoms with van der Waals surface area (Å²) in [6.45, 7) is 4.75. The Balaban J connectivity index is 1.73. The van der Waals surface area contributed by atoms with E-state index in [2.05, 4.69) is 21.9 Å². The molecule has 0 spiro atoms. The van der Waals surface area contributed by atoms with Crippen LogP contribution in [0, 0.1) is 5.92 Å². The first-order valence-corrected chi connectivity index (χ1v) is 9.24. The molecule has 1 amide bonds. The van der Waals surface area contributed by atoms with Gasteiger partial charge in [0.2, 0.25) is 0 Å². The zero-order valence-electron chi connectivity index (χ0n) is 15.4. The highest BCUT2D eigenvalue weighted by molar-refractivity contribution is 5.92. The minimum Gasteiger partial charge on any atom is -0.333 e. The molecular formula is C19H22F3N5O. The third kappa shape index (κ3) is 4.76. The van der Waals surface area contributed by atoms with E-state index >= 15 is 0 Å². The lowest BCUT2D eigenvalue weighted by Crippen LogP contribution is -2.36. The lowest BCUT2D eigenvalue weighted by molar-refractivity contribution is -0.137. The number of rotatable bonds is 6. The summed E-state index contributed by atoms with van der Waals surface area (Å²) in [5.74, 6) is 0.343. The summed E-state index contributed by atoms with van der Waals surface area (Å²) in [4.78, 5) is 18.3. The van der Waals surface area contributed by atoms with Crippen LogP contribution in [0.2, 0.25) is 0 Å². The number of pyridine rings is 1. The SMILES string of the molecule is C=CCN(CC1CCCCC1)C(=O)c1cn(-c2ccc(C(F)(F)F)cn2)nn1. The second-order valence-corrected chi connectivity index (χ2v) is 6.95. The zero-order chi connectivity index (χ0) is 20.1. The average molecular weight is 393 g/mol. The molecule has 0 N–H and O–H groups in total. The van der Waals surface area contributed by atoms with Crippen molar-refractivity contribution in [1.29, 1.82) is 0 Å². The van der Waals surface area contributed by atoms with Crippen LogP contribution in [-0.4, -0.2) is 43.9 Å². The minimum absolute atomic E-state index is 0.124. The highest BCUT2D eigenvalue weighted by Crippen LogP contribution is 2.28. The zero-order valence-corrected chi connectivity index (χ0v) is 15.4. The molecule has 150 valence electrons. The molecule has 2 aromatic rings. The molecule has 1 aliphatic carbocycles. The fourth-order valence-electron chi connectivity index (χ4n) is 3.40. The standard InChI is InChI=1S/C19H22F3N5O/c1-2-10-26(12-14-6-4-3-5-7-14)18(28)16-13-27(25-24-16)17-9-8-15(11-23-17)19(20,21)22/h2,8-9,11,13-14H,1,3-7,10,12H2. The lowest BCUT2D eigenvalue weighted by Gasteiger charge is -2.28. The smallest absolute Gasteiger partial charge is 0.333 e. The summed E-state index contributed by atoms with van der Waals surface area (Å²) >= 11 is 0. The molecule has 3 rings (SSSR count). The van der Waals surface area contributed by atoms with Crippen molar-refractivity contribution in [3.8, 4) is 5.82 Å². The third-order valence-electron chi connectivity index (χ3n) is 4.86. The van der Waals surface area contributed by atoms with Crippen molar-refractivity contribution in [2.75, 3.05) is 13.1 Å². The Bertz CT molecular complexity index is 810. The molecule has 6 nitrogen and oxygen atoms in total. The number of carbonyl (C=O) groups is 1. The summed E-state index contributed by atoms with van der Waals surface area (Å²) in [6, 6.07) is 2.11. The predicted molar refractivity (Wildman–Crippen MR) is 96.8 cm³/mol. The number of alkyl halides is 3. The average Bonchev–Trinajstić information content (AvgIpc) is 3.17. The number of halogens is 3. The molecule has 0 bridgehead atoms. The third-order valence-corrected chi connectivity index (χ3v) is 4.86. The fraction of sp³-hybridized carbons (Fsp3) is 0.474. The Hall–Kier alpha value is -2.71. The van der Waals surface area contributed by atoms with E-state index in [1.807, 2.05) is 0 Å². The molecule has 0 aromatic carbocycles. The maximum Gasteiger partial charge on any atom is 0.417 e. The van der Waals surface area contributed by atoms with Crippen molar-refractivity contribution in [1.82, 2.24) is 24.9 Å². The van der Waals surface area contributed by atoms with Gasteiger partial charge in [0.25, 0.3) is 5.91 Å². The van der Waals surface area contributed by atoms with Crippen LogP contribution in [0.3, 0.4) is 0 Å². The van der Waals surface area contributed by atoms with Crippen molar-refractivity contribution >= 4 is 5.91 Å². The predicted octanol–water partition coefficient (Wildman–Crippen LogP) is 3.89. The molecule has 2 heterocycles. The molecule has 0 saturated heterocycles. The first-order valence-electron chi connectivity index (χ1n) is 9.24. The van der Waals surface area contributed by atoms with Crippen LogP contribution in [0.15, 0.2) is 37.2 Å². The highest BCUT2D eigenvalue weighted by atomic mass is 19.4. The molecule has 1 saturated carbocycles. The van der Waals surface area contributed by atoms with E-state index in [1.165, 1.54) is 36.2 Å². The molecule has 0 radical (unpaired) electrons. The first kappa shape index (κ1) is 20.0. The van der Waals surface area contributed by atoms with Crippen LogP contribution >= 0.6 is 0 Å². The van der Waals surface area contributed by atoms with Gasteiger partial charge >= 0.3 is 6.18 Å². The Morgan fingerprint density at radius 2 is 2.04 bits per heavy atom. The van der Waals surface area contributed by atoms with Crippen molar-refractivity contribution < 1.29 is 18.0 Å². The topological polar surface area (TPSA) is 63.9 Å². The normalized spacial score (nSPS) is 15.4. The van der Waals surface area contributed by atoms with Gasteiger partial charge in [0.15, 0.2) is 11.5 Å². The van der Waals surface area contributed by atoms with Crippen LogP contribution in [0.1, 0.15) is 48.2 Å². The second-order valence-electron chi connectivity index (χ2n) is 6.95. The molecule has 1 aliphatic rings. The first-order chi connectivity index (χ1) is 13.4. The Morgan fingerprint density at radius 3 is 2.64 bits per heavy atom. The van der Waals surface area contributed by atoms with Crippen LogP contribution in [-0.2, 0) is 6.18 Å². The van der Waals surface area contributed by atoms with Gasteiger partial charge in [-0.25, -0.2) is 9.67 Å². The number of hydrogen-bond donors (Lipinski definition) is 0. The Labute approximate surface area is 161 Å². The van der Waals surface area contributed by atoms with E-state index in [0.717, 1.165) is 25.1 Å². The molecular weight excluding hydrogens is 371 g/mol. The van der Waals surface area contributed by atoms with E-state index in [9.17, 15) is 18.0 Å². The molecule has 0 unspecified atom stereocenters. The van der Waals surface area contributed by atoms with Crippen molar-refractivity contribution in [3.05, 3.63) is 48.4 Å². The number of amides is 1. The van der Waals surface area contributed by atoms with Crippen molar-refractivity contribution in [2.24, 2.45) is 5.92 Å². The van der Waals surface area contributed by atoms with Crippen LogP contribution < -0.4 is 0 Å². The van der Waals surface area contributed by atoms with Crippen LogP contribution in [0.4, 0.5) is 13.2 Å². The summed E-state index contributed by atoms with van der Waals surface area (Å²) < 4.78 is 39.2. The molecule has 0 aliphatic heterocycles. The maximum absolute atomic E-state index is 12.8. The molecule has 28 heavy (non-hydrogen) atoms. The molecule has 2 aromatic heterocycles. The van der Waals surface area contributed by atoms with E-state index in [0.29, 0.717) is 19.0 Å². The molecule has 9 heteroatoms. The number of hydrogen-bond acceptors (Lipinski definition) is 4. The van der Waals surface area contributed by atoms with Crippen LogP contribution in [0.5, 0.6) is 0 Å². The van der Waals surface area contributed by atoms with Gasteiger partial charge in [0, 0.05) is 19.3 Å². The van der Waals surface area contributed by atoms with E-state index in [4.69, 9.17) is 0 Å². The quantitative estimate of drug-likeness (QED) is 0.699.